The molecule has 0 unspecified atom stereocenters. The lowest BCUT2D eigenvalue weighted by molar-refractivity contribution is -0.138. The zero-order valence-corrected chi connectivity index (χ0v) is 14.2. The fraction of sp³-hybridized carbons (Fsp3) is 0.421. The molecule has 6 heteroatoms. The minimum atomic E-state index is -0.893. The molecular weight excluding hydrogens is 318 g/mol. The van der Waals surface area contributed by atoms with Crippen LogP contribution in [0.4, 0.5) is 0 Å². The van der Waals surface area contributed by atoms with Gasteiger partial charge in [-0.25, -0.2) is 0 Å². The predicted molar refractivity (Wildman–Crippen MR) is 91.1 cm³/mol. The molecule has 2 aliphatic rings. The van der Waals surface area contributed by atoms with Crippen LogP contribution < -0.4 is 0 Å². The maximum Gasteiger partial charge on any atom is 0.325 e. The van der Waals surface area contributed by atoms with Crippen molar-refractivity contribution in [2.75, 3.05) is 6.54 Å². The molecule has 2 heterocycles. The molecule has 1 amide bonds. The van der Waals surface area contributed by atoms with Gasteiger partial charge in [0, 0.05) is 43.1 Å². The number of rotatable bonds is 4. The van der Waals surface area contributed by atoms with E-state index in [-0.39, 0.29) is 17.9 Å². The summed E-state index contributed by atoms with van der Waals surface area (Å²) in [6.45, 7) is 2.59. The number of fused-ring (bicyclic) bond motifs is 1. The molecule has 1 saturated carbocycles. The van der Waals surface area contributed by atoms with Crippen LogP contribution in [0.15, 0.2) is 30.3 Å². The van der Waals surface area contributed by atoms with Crippen molar-refractivity contribution in [3.05, 3.63) is 52.8 Å². The predicted octanol–water partition coefficient (Wildman–Crippen LogP) is 1.95. The lowest BCUT2D eigenvalue weighted by atomic mass is 9.88. The number of aromatic nitrogens is 2. The molecule has 0 saturated heterocycles. The summed E-state index contributed by atoms with van der Waals surface area (Å²) in [6.07, 6.45) is 2.67. The minimum Gasteiger partial charge on any atom is -0.480 e. The Morgan fingerprint density at radius 3 is 2.56 bits per heavy atom. The molecule has 0 bridgehead atoms. The number of benzene rings is 1. The van der Waals surface area contributed by atoms with Crippen molar-refractivity contribution in [2.24, 2.45) is 0 Å². The van der Waals surface area contributed by atoms with Crippen molar-refractivity contribution in [3.8, 4) is 0 Å². The first-order valence-electron chi connectivity index (χ1n) is 8.63. The number of amides is 1. The Morgan fingerprint density at radius 2 is 1.96 bits per heavy atom. The first-order chi connectivity index (χ1) is 12.0. The van der Waals surface area contributed by atoms with E-state index in [1.54, 1.807) is 11.6 Å². The molecule has 25 heavy (non-hydrogen) atoms. The van der Waals surface area contributed by atoms with E-state index >= 15 is 0 Å². The second kappa shape index (κ2) is 5.72. The van der Waals surface area contributed by atoms with Gasteiger partial charge in [-0.1, -0.05) is 30.3 Å². The van der Waals surface area contributed by atoms with Gasteiger partial charge in [-0.2, -0.15) is 5.10 Å². The molecule has 1 fully saturated rings. The highest BCUT2D eigenvalue weighted by molar-refractivity contribution is 5.73. The number of hydrogen-bond donors (Lipinski definition) is 1. The summed E-state index contributed by atoms with van der Waals surface area (Å²) < 4.78 is 1.63. The lowest BCUT2D eigenvalue weighted by Crippen LogP contribution is -2.35. The van der Waals surface area contributed by atoms with Gasteiger partial charge in [0.15, 0.2) is 0 Å². The zero-order chi connectivity index (χ0) is 17.6. The standard InChI is InChI=1S/C19H21N3O3/c1-13(23)21-10-7-16-15(11-21)18(20-22(16)12-17(24)25)19(8-9-19)14-5-3-2-4-6-14/h2-6H,7-12H2,1H3,(H,24,25). The van der Waals surface area contributed by atoms with Crippen molar-refractivity contribution in [1.82, 2.24) is 14.7 Å². The van der Waals surface area contributed by atoms with Crippen LogP contribution in [-0.4, -0.2) is 38.2 Å². The number of hydrogen-bond acceptors (Lipinski definition) is 3. The van der Waals surface area contributed by atoms with E-state index in [0.717, 1.165) is 29.8 Å². The smallest absolute Gasteiger partial charge is 0.325 e. The Kier molecular flexibility index (Phi) is 3.63. The van der Waals surface area contributed by atoms with E-state index in [9.17, 15) is 14.7 Å². The van der Waals surface area contributed by atoms with E-state index in [0.29, 0.717) is 19.5 Å². The van der Waals surface area contributed by atoms with Crippen LogP contribution in [0.3, 0.4) is 0 Å². The average molecular weight is 339 g/mol. The molecule has 4 rings (SSSR count). The molecule has 2 aromatic rings. The fourth-order valence-corrected chi connectivity index (χ4v) is 3.95. The van der Waals surface area contributed by atoms with Gasteiger partial charge in [0.2, 0.25) is 5.91 Å². The highest BCUT2D eigenvalue weighted by Gasteiger charge is 2.50. The molecule has 0 radical (unpaired) electrons. The van der Waals surface area contributed by atoms with Crippen molar-refractivity contribution < 1.29 is 14.7 Å². The van der Waals surface area contributed by atoms with Gasteiger partial charge in [-0.15, -0.1) is 0 Å². The third kappa shape index (κ3) is 2.62. The van der Waals surface area contributed by atoms with E-state index in [4.69, 9.17) is 5.10 Å². The van der Waals surface area contributed by atoms with Gasteiger partial charge >= 0.3 is 5.97 Å². The first kappa shape index (κ1) is 15.9. The van der Waals surface area contributed by atoms with E-state index in [1.165, 1.54) is 5.56 Å². The van der Waals surface area contributed by atoms with Crippen LogP contribution in [0.5, 0.6) is 0 Å². The molecule has 0 spiro atoms. The largest absolute Gasteiger partial charge is 0.480 e. The summed E-state index contributed by atoms with van der Waals surface area (Å²) in [6, 6.07) is 10.3. The van der Waals surface area contributed by atoms with Gasteiger partial charge in [0.25, 0.3) is 0 Å². The summed E-state index contributed by atoms with van der Waals surface area (Å²) in [5, 5.41) is 14.0. The Balaban J connectivity index is 1.81. The number of nitrogens with zero attached hydrogens (tertiary/aromatic N) is 3. The Bertz CT molecular complexity index is 837. The number of carboxylic acids is 1. The molecule has 6 nitrogen and oxygen atoms in total. The maximum atomic E-state index is 11.8. The molecule has 1 aliphatic heterocycles. The van der Waals surface area contributed by atoms with Crippen molar-refractivity contribution in [1.29, 1.82) is 0 Å². The highest BCUT2D eigenvalue weighted by atomic mass is 16.4. The zero-order valence-electron chi connectivity index (χ0n) is 14.2. The summed E-state index contributed by atoms with van der Waals surface area (Å²) in [7, 11) is 0. The highest BCUT2D eigenvalue weighted by Crippen LogP contribution is 2.54. The second-order valence-corrected chi connectivity index (χ2v) is 6.96. The summed E-state index contributed by atoms with van der Waals surface area (Å²) in [4.78, 5) is 24.9. The molecule has 1 aromatic heterocycles. The maximum absolute atomic E-state index is 11.8. The molecule has 1 aromatic carbocycles. The minimum absolute atomic E-state index is 0.0483. The molecule has 0 atom stereocenters. The quantitative estimate of drug-likeness (QED) is 0.924. The second-order valence-electron chi connectivity index (χ2n) is 6.96. The van der Waals surface area contributed by atoms with Gasteiger partial charge in [-0.3, -0.25) is 14.3 Å². The molecular formula is C19H21N3O3. The SMILES string of the molecule is CC(=O)N1CCc2c(c(C3(c4ccccc4)CC3)nn2CC(=O)O)C1. The summed E-state index contributed by atoms with van der Waals surface area (Å²) in [5.74, 6) is -0.845. The van der Waals surface area contributed by atoms with Crippen molar-refractivity contribution >= 4 is 11.9 Å². The van der Waals surface area contributed by atoms with E-state index < -0.39 is 5.97 Å². The summed E-state index contributed by atoms with van der Waals surface area (Å²) in [5.41, 5.74) is 4.06. The Hall–Kier alpha value is -2.63. The van der Waals surface area contributed by atoms with Gasteiger partial charge < -0.3 is 10.0 Å². The Labute approximate surface area is 146 Å². The third-order valence-electron chi connectivity index (χ3n) is 5.39. The monoisotopic (exact) mass is 339 g/mol. The number of carboxylic acid groups (broad SMARTS) is 1. The first-order valence-corrected chi connectivity index (χ1v) is 8.63. The van der Waals surface area contributed by atoms with E-state index in [2.05, 4.69) is 12.1 Å². The number of carbonyl (C=O) groups is 2. The Morgan fingerprint density at radius 1 is 1.24 bits per heavy atom. The lowest BCUT2D eigenvalue weighted by Gasteiger charge is -2.27. The fourth-order valence-electron chi connectivity index (χ4n) is 3.95. The molecule has 130 valence electrons. The van der Waals surface area contributed by atoms with Crippen LogP contribution in [0.2, 0.25) is 0 Å². The topological polar surface area (TPSA) is 75.4 Å². The molecule has 1 N–H and O–H groups in total. The van der Waals surface area contributed by atoms with Crippen LogP contribution in [0.1, 0.15) is 42.3 Å². The normalized spacial score (nSPS) is 17.9. The van der Waals surface area contributed by atoms with Crippen LogP contribution in [0.25, 0.3) is 0 Å². The van der Waals surface area contributed by atoms with E-state index in [1.807, 2.05) is 23.1 Å². The molecule has 1 aliphatic carbocycles. The average Bonchev–Trinajstić information content (AvgIpc) is 3.33. The van der Waals surface area contributed by atoms with Gasteiger partial charge in [0.05, 0.1) is 5.69 Å². The van der Waals surface area contributed by atoms with Crippen molar-refractivity contribution in [3.63, 3.8) is 0 Å². The van der Waals surface area contributed by atoms with Crippen LogP contribution in [-0.2, 0) is 34.5 Å². The summed E-state index contributed by atoms with van der Waals surface area (Å²) >= 11 is 0. The number of aliphatic carboxylic acids is 1. The number of carbonyl (C=O) groups excluding carboxylic acids is 1. The van der Waals surface area contributed by atoms with Crippen LogP contribution >= 0.6 is 0 Å². The van der Waals surface area contributed by atoms with Gasteiger partial charge in [-0.05, 0) is 18.4 Å². The van der Waals surface area contributed by atoms with Crippen LogP contribution in [0, 0.1) is 0 Å². The third-order valence-corrected chi connectivity index (χ3v) is 5.39. The van der Waals surface area contributed by atoms with Crippen molar-refractivity contribution in [2.45, 2.75) is 44.7 Å². The van der Waals surface area contributed by atoms with Gasteiger partial charge in [0.1, 0.15) is 6.54 Å².